The van der Waals surface area contributed by atoms with Crippen molar-refractivity contribution in [3.8, 4) is 5.75 Å². The number of aryl methyl sites for hydroxylation is 1. The Morgan fingerprint density at radius 2 is 1.56 bits per heavy atom. The number of amides is 2. The molecule has 1 unspecified atom stereocenters. The average Bonchev–Trinajstić information content (AvgIpc) is 2.95. The number of nitrogens with zero attached hydrogens (tertiary/aromatic N) is 2. The van der Waals surface area contributed by atoms with E-state index >= 15 is 0 Å². The zero-order valence-electron chi connectivity index (χ0n) is 23.6. The van der Waals surface area contributed by atoms with Gasteiger partial charge in [0.25, 0.3) is 10.0 Å². The Hall–Kier alpha value is -3.27. The van der Waals surface area contributed by atoms with Crippen molar-refractivity contribution in [1.82, 2.24) is 10.2 Å². The lowest BCUT2D eigenvalue weighted by Gasteiger charge is -2.32. The molecule has 0 aliphatic carbocycles. The van der Waals surface area contributed by atoms with Gasteiger partial charge >= 0.3 is 0 Å². The maximum atomic E-state index is 14.0. The van der Waals surface area contributed by atoms with Gasteiger partial charge in [0, 0.05) is 28.7 Å². The summed E-state index contributed by atoms with van der Waals surface area (Å²) >= 11 is 12.8. The zero-order valence-corrected chi connectivity index (χ0v) is 25.9. The molecule has 0 fully saturated rings. The molecule has 41 heavy (non-hydrogen) atoms. The fourth-order valence-corrected chi connectivity index (χ4v) is 6.00. The number of carbonyl (C=O) groups is 2. The van der Waals surface area contributed by atoms with Crippen LogP contribution in [0.2, 0.25) is 10.0 Å². The Kier molecular flexibility index (Phi) is 11.5. The van der Waals surface area contributed by atoms with E-state index in [1.54, 1.807) is 61.5 Å². The minimum Gasteiger partial charge on any atom is -0.494 e. The third kappa shape index (κ3) is 8.15. The molecule has 8 nitrogen and oxygen atoms in total. The summed E-state index contributed by atoms with van der Waals surface area (Å²) < 4.78 is 34.4. The molecule has 0 aliphatic rings. The summed E-state index contributed by atoms with van der Waals surface area (Å²) in [5.41, 5.74) is 1.61. The van der Waals surface area contributed by atoms with Crippen molar-refractivity contribution in [3.05, 3.63) is 87.9 Å². The Bertz CT molecular complexity index is 1430. The largest absolute Gasteiger partial charge is 0.494 e. The monoisotopic (exact) mass is 619 g/mol. The molecule has 11 heteroatoms. The van der Waals surface area contributed by atoms with Crippen LogP contribution in [0, 0.1) is 6.92 Å². The number of halogens is 2. The molecule has 3 aromatic rings. The standard InChI is InChI=1S/C30H35Cl2N3O5S/c1-5-18-33-30(37)22(4)34(19-26-27(31)8-7-9-28(26)32)29(36)20-35(23-12-14-24(15-13-23)40-6-2)41(38,39)25-16-10-21(3)11-17-25/h7-17,22H,5-6,18-20H2,1-4H3,(H,33,37). The molecular formula is C30H35Cl2N3O5S. The minimum absolute atomic E-state index is 0.0271. The van der Waals surface area contributed by atoms with Gasteiger partial charge in [-0.25, -0.2) is 8.42 Å². The van der Waals surface area contributed by atoms with Crippen molar-refractivity contribution < 1.29 is 22.7 Å². The molecule has 0 saturated carbocycles. The van der Waals surface area contributed by atoms with E-state index in [9.17, 15) is 18.0 Å². The van der Waals surface area contributed by atoms with Crippen molar-refractivity contribution in [3.63, 3.8) is 0 Å². The van der Waals surface area contributed by atoms with Crippen molar-refractivity contribution in [2.75, 3.05) is 24.0 Å². The highest BCUT2D eigenvalue weighted by molar-refractivity contribution is 7.92. The lowest BCUT2D eigenvalue weighted by Crippen LogP contribution is -2.51. The van der Waals surface area contributed by atoms with Crippen LogP contribution >= 0.6 is 23.2 Å². The van der Waals surface area contributed by atoms with Gasteiger partial charge in [0.15, 0.2) is 0 Å². The number of nitrogens with one attached hydrogen (secondary N) is 1. The molecule has 1 atom stereocenters. The lowest BCUT2D eigenvalue weighted by atomic mass is 10.1. The first kappa shape index (κ1) is 32.2. The van der Waals surface area contributed by atoms with Gasteiger partial charge in [-0.05, 0) is 75.7 Å². The number of hydrogen-bond donors (Lipinski definition) is 1. The molecule has 0 aromatic heterocycles. The third-order valence-corrected chi connectivity index (χ3v) is 8.93. The van der Waals surface area contributed by atoms with Crippen molar-refractivity contribution >= 4 is 50.7 Å². The van der Waals surface area contributed by atoms with Gasteiger partial charge in [0.1, 0.15) is 18.3 Å². The molecule has 3 rings (SSSR count). The molecule has 2 amide bonds. The number of carbonyl (C=O) groups excluding carboxylic acids is 2. The van der Waals surface area contributed by atoms with Gasteiger partial charge in [-0.3, -0.25) is 13.9 Å². The van der Waals surface area contributed by atoms with Gasteiger partial charge in [-0.1, -0.05) is 53.9 Å². The van der Waals surface area contributed by atoms with Gasteiger partial charge in [-0.15, -0.1) is 0 Å². The van der Waals surface area contributed by atoms with E-state index in [1.165, 1.54) is 17.0 Å². The molecule has 0 spiro atoms. The third-order valence-electron chi connectivity index (χ3n) is 6.43. The summed E-state index contributed by atoms with van der Waals surface area (Å²) in [6, 6.07) is 16.8. The Morgan fingerprint density at radius 3 is 2.12 bits per heavy atom. The molecule has 0 bridgehead atoms. The lowest BCUT2D eigenvalue weighted by molar-refractivity contribution is -0.139. The van der Waals surface area contributed by atoms with Crippen LogP contribution in [0.3, 0.4) is 0 Å². The number of ether oxygens (including phenoxy) is 1. The summed E-state index contributed by atoms with van der Waals surface area (Å²) in [6.07, 6.45) is 0.711. The Labute approximate surface area is 252 Å². The van der Waals surface area contributed by atoms with E-state index in [-0.39, 0.29) is 23.0 Å². The topological polar surface area (TPSA) is 96.0 Å². The number of anilines is 1. The van der Waals surface area contributed by atoms with E-state index < -0.39 is 28.5 Å². The fraction of sp³-hybridized carbons (Fsp3) is 0.333. The predicted molar refractivity (Wildman–Crippen MR) is 163 cm³/mol. The highest BCUT2D eigenvalue weighted by atomic mass is 35.5. The summed E-state index contributed by atoms with van der Waals surface area (Å²) in [7, 11) is -4.18. The van der Waals surface area contributed by atoms with E-state index in [0.29, 0.717) is 40.9 Å². The van der Waals surface area contributed by atoms with Gasteiger partial charge in [0.05, 0.1) is 17.2 Å². The highest BCUT2D eigenvalue weighted by Gasteiger charge is 2.33. The molecule has 220 valence electrons. The van der Waals surface area contributed by atoms with Crippen LogP contribution < -0.4 is 14.4 Å². The fourth-order valence-electron chi connectivity index (χ4n) is 4.07. The van der Waals surface area contributed by atoms with Crippen LogP contribution in [0.15, 0.2) is 71.6 Å². The Balaban J connectivity index is 2.06. The van der Waals surface area contributed by atoms with Crippen LogP contribution in [0.4, 0.5) is 5.69 Å². The van der Waals surface area contributed by atoms with Gasteiger partial charge in [0.2, 0.25) is 11.8 Å². The first-order valence-corrected chi connectivity index (χ1v) is 15.5. The molecule has 0 radical (unpaired) electrons. The summed E-state index contributed by atoms with van der Waals surface area (Å²) in [5, 5.41) is 3.45. The molecule has 1 N–H and O–H groups in total. The maximum absolute atomic E-state index is 14.0. The summed E-state index contributed by atoms with van der Waals surface area (Å²) in [5.74, 6) is -0.423. The molecule has 0 aliphatic heterocycles. The SMILES string of the molecule is CCCNC(=O)C(C)N(Cc1c(Cl)cccc1Cl)C(=O)CN(c1ccc(OCC)cc1)S(=O)(=O)c1ccc(C)cc1. The maximum Gasteiger partial charge on any atom is 0.264 e. The van der Waals surface area contributed by atoms with Crippen LogP contribution in [0.1, 0.15) is 38.3 Å². The minimum atomic E-state index is -4.18. The van der Waals surface area contributed by atoms with Crippen molar-refractivity contribution in [2.45, 2.75) is 51.6 Å². The normalized spacial score (nSPS) is 12.0. The first-order valence-electron chi connectivity index (χ1n) is 13.3. The van der Waals surface area contributed by atoms with E-state index in [1.807, 2.05) is 20.8 Å². The predicted octanol–water partition coefficient (Wildman–Crippen LogP) is 5.84. The van der Waals surface area contributed by atoms with Crippen LogP contribution in [-0.2, 0) is 26.2 Å². The summed E-state index contributed by atoms with van der Waals surface area (Å²) in [6.45, 7) is 7.41. The molecule has 0 saturated heterocycles. The first-order chi connectivity index (χ1) is 19.5. The second-order valence-electron chi connectivity index (χ2n) is 9.44. The number of benzene rings is 3. The second-order valence-corrected chi connectivity index (χ2v) is 12.1. The van der Waals surface area contributed by atoms with Gasteiger partial charge in [-0.2, -0.15) is 0 Å². The number of hydrogen-bond acceptors (Lipinski definition) is 5. The van der Waals surface area contributed by atoms with Crippen LogP contribution in [0.25, 0.3) is 0 Å². The van der Waals surface area contributed by atoms with Crippen LogP contribution in [0.5, 0.6) is 5.75 Å². The van der Waals surface area contributed by atoms with E-state index in [4.69, 9.17) is 27.9 Å². The summed E-state index contributed by atoms with van der Waals surface area (Å²) in [4.78, 5) is 28.3. The van der Waals surface area contributed by atoms with Crippen molar-refractivity contribution in [2.24, 2.45) is 0 Å². The zero-order chi connectivity index (χ0) is 30.2. The smallest absolute Gasteiger partial charge is 0.264 e. The number of sulfonamides is 1. The Morgan fingerprint density at radius 1 is 0.951 bits per heavy atom. The van der Waals surface area contributed by atoms with Gasteiger partial charge < -0.3 is 15.0 Å². The molecule has 3 aromatic carbocycles. The van der Waals surface area contributed by atoms with Crippen molar-refractivity contribution in [1.29, 1.82) is 0 Å². The quantitative estimate of drug-likeness (QED) is 0.259. The number of rotatable bonds is 13. The molecular weight excluding hydrogens is 585 g/mol. The molecule has 0 heterocycles. The highest BCUT2D eigenvalue weighted by Crippen LogP contribution is 2.29. The van der Waals surface area contributed by atoms with E-state index in [2.05, 4.69) is 5.32 Å². The average molecular weight is 621 g/mol. The second kappa shape index (κ2) is 14.6. The van der Waals surface area contributed by atoms with Crippen LogP contribution in [-0.4, -0.2) is 50.9 Å². The van der Waals surface area contributed by atoms with E-state index in [0.717, 1.165) is 9.87 Å².